The zero-order chi connectivity index (χ0) is 14.2. The fraction of sp³-hybridized carbons (Fsp3) is 0.308. The third-order valence-electron chi connectivity index (χ3n) is 2.83. The van der Waals surface area contributed by atoms with E-state index in [2.05, 4.69) is 4.98 Å². The first kappa shape index (κ1) is 13.2. The normalized spacial score (nSPS) is 11.0. The molecule has 0 atom stereocenters. The SMILES string of the molecule is COc1nc2c(cc1F)c(=O)c(C=O)cn2C(C)C. The number of carbonyl (C=O) groups excluding carboxylic acids is 1. The van der Waals surface area contributed by atoms with Crippen LogP contribution in [0.2, 0.25) is 0 Å². The number of carbonyl (C=O) groups is 1. The fourth-order valence-corrected chi connectivity index (χ4v) is 1.87. The lowest BCUT2D eigenvalue weighted by molar-refractivity contribution is 0.112. The summed E-state index contributed by atoms with van der Waals surface area (Å²) in [4.78, 5) is 26.9. The van der Waals surface area contributed by atoms with Crippen molar-refractivity contribution in [1.29, 1.82) is 0 Å². The van der Waals surface area contributed by atoms with E-state index in [1.165, 1.54) is 13.3 Å². The predicted octanol–water partition coefficient (Wildman–Crippen LogP) is 1.94. The van der Waals surface area contributed by atoms with Crippen molar-refractivity contribution in [2.45, 2.75) is 19.9 Å². The molecule has 0 N–H and O–H groups in total. The van der Waals surface area contributed by atoms with E-state index < -0.39 is 11.2 Å². The van der Waals surface area contributed by atoms with Crippen molar-refractivity contribution < 1.29 is 13.9 Å². The van der Waals surface area contributed by atoms with Crippen molar-refractivity contribution in [3.8, 4) is 5.88 Å². The smallest absolute Gasteiger partial charge is 0.252 e. The Morgan fingerprint density at radius 3 is 2.68 bits per heavy atom. The van der Waals surface area contributed by atoms with Gasteiger partial charge in [-0.05, 0) is 19.9 Å². The Kier molecular flexibility index (Phi) is 3.33. The first-order chi connectivity index (χ1) is 8.99. The van der Waals surface area contributed by atoms with Gasteiger partial charge in [-0.3, -0.25) is 9.59 Å². The average Bonchev–Trinajstić information content (AvgIpc) is 2.39. The third-order valence-corrected chi connectivity index (χ3v) is 2.83. The van der Waals surface area contributed by atoms with Gasteiger partial charge in [0.1, 0.15) is 5.65 Å². The summed E-state index contributed by atoms with van der Waals surface area (Å²) in [5.41, 5.74) is -0.257. The van der Waals surface area contributed by atoms with Gasteiger partial charge in [0.05, 0.1) is 18.1 Å². The Bertz CT molecular complexity index is 707. The molecule has 0 radical (unpaired) electrons. The van der Waals surface area contributed by atoms with Gasteiger partial charge in [-0.1, -0.05) is 0 Å². The van der Waals surface area contributed by atoms with Gasteiger partial charge in [0.15, 0.2) is 12.1 Å². The molecule has 0 saturated heterocycles. The molecule has 0 saturated carbocycles. The van der Waals surface area contributed by atoms with Gasteiger partial charge >= 0.3 is 0 Å². The lowest BCUT2D eigenvalue weighted by atomic mass is 10.2. The number of aromatic nitrogens is 2. The summed E-state index contributed by atoms with van der Waals surface area (Å²) in [6.45, 7) is 3.74. The highest BCUT2D eigenvalue weighted by Crippen LogP contribution is 2.21. The molecular weight excluding hydrogens is 251 g/mol. The zero-order valence-corrected chi connectivity index (χ0v) is 10.8. The Labute approximate surface area is 108 Å². The number of ether oxygens (including phenoxy) is 1. The van der Waals surface area contributed by atoms with Gasteiger partial charge in [-0.2, -0.15) is 4.98 Å². The third kappa shape index (κ3) is 2.09. The summed E-state index contributed by atoms with van der Waals surface area (Å²) in [6, 6.07) is 1.01. The maximum atomic E-state index is 13.6. The molecule has 0 unspecified atom stereocenters. The zero-order valence-electron chi connectivity index (χ0n) is 10.8. The van der Waals surface area contributed by atoms with Crippen LogP contribution in [0.25, 0.3) is 11.0 Å². The quantitative estimate of drug-likeness (QED) is 0.795. The molecule has 19 heavy (non-hydrogen) atoms. The molecule has 2 rings (SSSR count). The van der Waals surface area contributed by atoms with Gasteiger partial charge < -0.3 is 9.30 Å². The van der Waals surface area contributed by atoms with Gasteiger partial charge in [-0.15, -0.1) is 0 Å². The number of methoxy groups -OCH3 is 1. The highest BCUT2D eigenvalue weighted by molar-refractivity contribution is 5.84. The van der Waals surface area contributed by atoms with Crippen molar-refractivity contribution in [1.82, 2.24) is 9.55 Å². The van der Waals surface area contributed by atoms with Crippen molar-refractivity contribution in [2.24, 2.45) is 0 Å². The molecule has 0 aliphatic rings. The van der Waals surface area contributed by atoms with Crippen LogP contribution in [0, 0.1) is 5.82 Å². The van der Waals surface area contributed by atoms with Crippen LogP contribution in [0.15, 0.2) is 17.1 Å². The van der Waals surface area contributed by atoms with Gasteiger partial charge in [0.2, 0.25) is 5.43 Å². The Hall–Kier alpha value is -2.24. The second-order valence-corrected chi connectivity index (χ2v) is 4.38. The number of aldehydes is 1. The van der Waals surface area contributed by atoms with Gasteiger partial charge in [0.25, 0.3) is 5.88 Å². The molecular formula is C13H13FN2O3. The Balaban J connectivity index is 2.97. The van der Waals surface area contributed by atoms with Crippen LogP contribution in [0.3, 0.4) is 0 Å². The van der Waals surface area contributed by atoms with E-state index in [9.17, 15) is 14.0 Å². The first-order valence-corrected chi connectivity index (χ1v) is 5.74. The van der Waals surface area contributed by atoms with E-state index in [0.717, 1.165) is 6.07 Å². The van der Waals surface area contributed by atoms with Crippen molar-refractivity contribution in [3.05, 3.63) is 33.9 Å². The largest absolute Gasteiger partial charge is 0.479 e. The summed E-state index contributed by atoms with van der Waals surface area (Å²) < 4.78 is 20.1. The summed E-state index contributed by atoms with van der Waals surface area (Å²) in [6.07, 6.45) is 1.88. The number of fused-ring (bicyclic) bond motifs is 1. The van der Waals surface area contributed by atoms with E-state index in [1.54, 1.807) is 4.57 Å². The second-order valence-electron chi connectivity index (χ2n) is 4.38. The van der Waals surface area contributed by atoms with Crippen LogP contribution in [0.1, 0.15) is 30.2 Å². The molecule has 0 aromatic carbocycles. The lowest BCUT2D eigenvalue weighted by Gasteiger charge is -2.15. The van der Waals surface area contributed by atoms with E-state index in [1.807, 2.05) is 13.8 Å². The van der Waals surface area contributed by atoms with E-state index in [-0.39, 0.29) is 22.9 Å². The molecule has 0 aliphatic heterocycles. The van der Waals surface area contributed by atoms with Crippen LogP contribution in [0.4, 0.5) is 4.39 Å². The first-order valence-electron chi connectivity index (χ1n) is 5.74. The minimum absolute atomic E-state index is 0.0208. The molecule has 2 heterocycles. The topological polar surface area (TPSA) is 61.2 Å². The minimum atomic E-state index is -0.731. The minimum Gasteiger partial charge on any atom is -0.479 e. The molecule has 2 aromatic heterocycles. The van der Waals surface area contributed by atoms with Crippen molar-refractivity contribution in [3.63, 3.8) is 0 Å². The molecule has 0 fully saturated rings. The summed E-state index contributed by atoms with van der Waals surface area (Å²) in [5.74, 6) is -0.911. The van der Waals surface area contributed by atoms with E-state index in [0.29, 0.717) is 11.9 Å². The Morgan fingerprint density at radius 2 is 2.16 bits per heavy atom. The van der Waals surface area contributed by atoms with Crippen LogP contribution in [-0.2, 0) is 0 Å². The molecule has 5 nitrogen and oxygen atoms in total. The number of pyridine rings is 2. The van der Waals surface area contributed by atoms with Gasteiger partial charge in [-0.25, -0.2) is 4.39 Å². The molecule has 2 aromatic rings. The highest BCUT2D eigenvalue weighted by atomic mass is 19.1. The number of hydrogen-bond acceptors (Lipinski definition) is 4. The second kappa shape index (κ2) is 4.79. The number of halogens is 1. The molecule has 6 heteroatoms. The molecule has 0 amide bonds. The standard InChI is InChI=1S/C13H13FN2O3/c1-7(2)16-5-8(6-17)11(18)9-4-10(14)13(19-3)15-12(9)16/h4-7H,1-3H3. The van der Waals surface area contributed by atoms with Gasteiger partial charge in [0, 0.05) is 12.2 Å². The number of hydrogen-bond donors (Lipinski definition) is 0. The molecule has 0 spiro atoms. The maximum Gasteiger partial charge on any atom is 0.252 e. The lowest BCUT2D eigenvalue weighted by Crippen LogP contribution is -2.17. The molecule has 100 valence electrons. The number of nitrogens with zero attached hydrogens (tertiary/aromatic N) is 2. The maximum absolute atomic E-state index is 13.6. The van der Waals surface area contributed by atoms with Crippen LogP contribution >= 0.6 is 0 Å². The van der Waals surface area contributed by atoms with E-state index >= 15 is 0 Å². The van der Waals surface area contributed by atoms with Crippen LogP contribution in [0.5, 0.6) is 5.88 Å². The van der Waals surface area contributed by atoms with Crippen molar-refractivity contribution in [2.75, 3.05) is 7.11 Å². The Morgan fingerprint density at radius 1 is 1.47 bits per heavy atom. The van der Waals surface area contributed by atoms with E-state index in [4.69, 9.17) is 4.74 Å². The van der Waals surface area contributed by atoms with Crippen LogP contribution < -0.4 is 10.2 Å². The average molecular weight is 264 g/mol. The summed E-state index contributed by atoms with van der Waals surface area (Å²) >= 11 is 0. The predicted molar refractivity (Wildman–Crippen MR) is 68.3 cm³/mol. The summed E-state index contributed by atoms with van der Waals surface area (Å²) in [5, 5.41) is 0.0663. The van der Waals surface area contributed by atoms with Crippen molar-refractivity contribution >= 4 is 17.3 Å². The summed E-state index contributed by atoms with van der Waals surface area (Å²) in [7, 11) is 1.30. The fourth-order valence-electron chi connectivity index (χ4n) is 1.87. The molecule has 0 bridgehead atoms. The van der Waals surface area contributed by atoms with Crippen LogP contribution in [-0.4, -0.2) is 22.9 Å². The monoisotopic (exact) mass is 264 g/mol. The number of rotatable bonds is 3. The molecule has 0 aliphatic carbocycles. The highest BCUT2D eigenvalue weighted by Gasteiger charge is 2.15.